The standard InChI is InChI=1S/C48H29NS/c1-2-10-30(11-3-1)31-22-24-32(25-23-31)33-12-6-13-34(28-33)36-15-7-19-42-43-20-8-16-37(48(43)50-47(36)42)35-26-27-39-41-18-9-17-40-38-14-4-5-21-44(38)49(46(40)41)45(39)29-35/h1-29H. The molecule has 11 aromatic rings. The first kappa shape index (κ1) is 27.7. The van der Waals surface area contributed by atoms with Crippen molar-refractivity contribution in [2.75, 3.05) is 0 Å². The molecular weight excluding hydrogens is 623 g/mol. The van der Waals surface area contributed by atoms with Gasteiger partial charge in [-0.2, -0.15) is 0 Å². The van der Waals surface area contributed by atoms with Gasteiger partial charge in [0.1, 0.15) is 0 Å². The van der Waals surface area contributed by atoms with Crippen molar-refractivity contribution in [2.45, 2.75) is 0 Å². The van der Waals surface area contributed by atoms with E-state index in [1.807, 2.05) is 11.3 Å². The fraction of sp³-hybridized carbons (Fsp3) is 0. The average molecular weight is 652 g/mol. The molecule has 2 heteroatoms. The van der Waals surface area contributed by atoms with Crippen molar-refractivity contribution in [1.29, 1.82) is 0 Å². The van der Waals surface area contributed by atoms with Crippen LogP contribution in [0, 0.1) is 0 Å². The van der Waals surface area contributed by atoms with E-state index in [1.165, 1.54) is 103 Å². The molecule has 0 saturated carbocycles. The summed E-state index contributed by atoms with van der Waals surface area (Å²) in [6, 6.07) is 64.7. The van der Waals surface area contributed by atoms with Crippen LogP contribution < -0.4 is 0 Å². The predicted molar refractivity (Wildman–Crippen MR) is 216 cm³/mol. The quantitative estimate of drug-likeness (QED) is 0.178. The molecule has 0 spiro atoms. The van der Waals surface area contributed by atoms with Gasteiger partial charge in [-0.1, -0.05) is 158 Å². The number of hydrogen-bond donors (Lipinski definition) is 0. The third kappa shape index (κ3) is 4.00. The Morgan fingerprint density at radius 2 is 0.780 bits per heavy atom. The Morgan fingerprint density at radius 3 is 1.52 bits per heavy atom. The van der Waals surface area contributed by atoms with E-state index in [4.69, 9.17) is 0 Å². The Morgan fingerprint density at radius 1 is 0.300 bits per heavy atom. The summed E-state index contributed by atoms with van der Waals surface area (Å²) in [5.41, 5.74) is 13.8. The molecular formula is C48H29NS. The zero-order chi connectivity index (χ0) is 32.8. The molecule has 0 fully saturated rings. The van der Waals surface area contributed by atoms with Crippen molar-refractivity contribution >= 4 is 69.6 Å². The molecule has 1 nitrogen and oxygen atoms in total. The molecule has 0 bridgehead atoms. The molecule has 0 saturated heterocycles. The summed E-state index contributed by atoms with van der Waals surface area (Å²) in [4.78, 5) is 0. The number of benzene rings is 8. The molecule has 0 unspecified atom stereocenters. The maximum Gasteiger partial charge on any atom is 0.0620 e. The SMILES string of the molecule is c1ccc(-c2ccc(-c3cccc(-c4cccc5c4sc4c(-c6ccc7c8cccc9c%10ccccc%10n(c7c6)c98)cccc45)c3)cc2)cc1. The van der Waals surface area contributed by atoms with Crippen molar-refractivity contribution in [3.63, 3.8) is 0 Å². The largest absolute Gasteiger partial charge is 0.308 e. The van der Waals surface area contributed by atoms with Crippen molar-refractivity contribution in [1.82, 2.24) is 4.40 Å². The first-order valence-electron chi connectivity index (χ1n) is 17.2. The van der Waals surface area contributed by atoms with Crippen LogP contribution in [0.4, 0.5) is 0 Å². The van der Waals surface area contributed by atoms with Gasteiger partial charge in [-0.3, -0.25) is 0 Å². The Labute approximate surface area is 293 Å². The Kier molecular flexibility index (Phi) is 5.89. The second kappa shape index (κ2) is 10.6. The number of hydrogen-bond acceptors (Lipinski definition) is 1. The van der Waals surface area contributed by atoms with Gasteiger partial charge in [0, 0.05) is 41.7 Å². The van der Waals surface area contributed by atoms with Crippen LogP contribution in [0.3, 0.4) is 0 Å². The minimum absolute atomic E-state index is 1.23. The van der Waals surface area contributed by atoms with Gasteiger partial charge in [0.15, 0.2) is 0 Å². The summed E-state index contributed by atoms with van der Waals surface area (Å²) in [6.07, 6.45) is 0. The van der Waals surface area contributed by atoms with Crippen LogP contribution in [0.5, 0.6) is 0 Å². The van der Waals surface area contributed by atoms with Gasteiger partial charge in [-0.25, -0.2) is 0 Å². The highest BCUT2D eigenvalue weighted by Crippen LogP contribution is 2.46. The number of nitrogens with zero attached hydrogens (tertiary/aromatic N) is 1. The molecule has 3 heterocycles. The van der Waals surface area contributed by atoms with E-state index in [0.29, 0.717) is 0 Å². The summed E-state index contributed by atoms with van der Waals surface area (Å²) in [5.74, 6) is 0. The van der Waals surface area contributed by atoms with Gasteiger partial charge in [0.05, 0.1) is 16.6 Å². The van der Waals surface area contributed by atoms with Crippen LogP contribution in [0.15, 0.2) is 176 Å². The van der Waals surface area contributed by atoms with E-state index >= 15 is 0 Å². The number of thiophene rings is 1. The first-order chi connectivity index (χ1) is 24.8. The molecule has 0 amide bonds. The van der Waals surface area contributed by atoms with Crippen molar-refractivity contribution in [3.05, 3.63) is 176 Å². The molecule has 3 aromatic heterocycles. The maximum absolute atomic E-state index is 2.48. The summed E-state index contributed by atoms with van der Waals surface area (Å²) < 4.78 is 5.14. The lowest BCUT2D eigenvalue weighted by Gasteiger charge is -2.08. The maximum atomic E-state index is 2.48. The molecule has 0 aliphatic heterocycles. The zero-order valence-corrected chi connectivity index (χ0v) is 27.9. The van der Waals surface area contributed by atoms with Crippen molar-refractivity contribution < 1.29 is 0 Å². The van der Waals surface area contributed by atoms with E-state index in [1.54, 1.807) is 0 Å². The summed E-state index contributed by atoms with van der Waals surface area (Å²) in [5, 5.41) is 7.89. The molecule has 0 aliphatic carbocycles. The normalized spacial score (nSPS) is 12.0. The summed E-state index contributed by atoms with van der Waals surface area (Å²) >= 11 is 1.92. The second-order valence-electron chi connectivity index (χ2n) is 13.3. The Hall–Kier alpha value is -6.22. The van der Waals surface area contributed by atoms with Gasteiger partial charge in [0.2, 0.25) is 0 Å². The van der Waals surface area contributed by atoms with Crippen LogP contribution in [-0.2, 0) is 0 Å². The number of para-hydroxylation sites is 2. The Balaban J connectivity index is 1.05. The van der Waals surface area contributed by atoms with E-state index in [2.05, 4.69) is 180 Å². The van der Waals surface area contributed by atoms with Crippen LogP contribution in [0.2, 0.25) is 0 Å². The third-order valence-electron chi connectivity index (χ3n) is 10.6. The summed E-state index contributed by atoms with van der Waals surface area (Å²) in [7, 11) is 0. The van der Waals surface area contributed by atoms with Gasteiger partial charge in [0.25, 0.3) is 0 Å². The molecule has 0 radical (unpaired) electrons. The fourth-order valence-corrected chi connectivity index (χ4v) is 9.60. The highest BCUT2D eigenvalue weighted by Gasteiger charge is 2.19. The molecule has 50 heavy (non-hydrogen) atoms. The highest BCUT2D eigenvalue weighted by molar-refractivity contribution is 7.26. The molecule has 232 valence electrons. The van der Waals surface area contributed by atoms with Crippen LogP contribution in [0.1, 0.15) is 0 Å². The topological polar surface area (TPSA) is 4.41 Å². The first-order valence-corrected chi connectivity index (χ1v) is 18.0. The lowest BCUT2D eigenvalue weighted by Crippen LogP contribution is -1.83. The van der Waals surface area contributed by atoms with Crippen LogP contribution in [-0.4, -0.2) is 4.40 Å². The van der Waals surface area contributed by atoms with E-state index < -0.39 is 0 Å². The third-order valence-corrected chi connectivity index (χ3v) is 11.8. The number of rotatable bonds is 4. The number of fused-ring (bicyclic) bond motifs is 9. The minimum Gasteiger partial charge on any atom is -0.308 e. The highest BCUT2D eigenvalue weighted by atomic mass is 32.1. The molecule has 0 N–H and O–H groups in total. The molecule has 8 aromatic carbocycles. The van der Waals surface area contributed by atoms with Crippen LogP contribution >= 0.6 is 11.3 Å². The van der Waals surface area contributed by atoms with E-state index in [9.17, 15) is 0 Å². The monoisotopic (exact) mass is 651 g/mol. The Bertz CT molecular complexity index is 3070. The average Bonchev–Trinajstić information content (AvgIpc) is 3.85. The fourth-order valence-electron chi connectivity index (χ4n) is 8.22. The second-order valence-corrected chi connectivity index (χ2v) is 14.3. The minimum atomic E-state index is 1.23. The van der Waals surface area contributed by atoms with E-state index in [-0.39, 0.29) is 0 Å². The van der Waals surface area contributed by atoms with Gasteiger partial charge >= 0.3 is 0 Å². The molecule has 11 rings (SSSR count). The smallest absolute Gasteiger partial charge is 0.0620 e. The zero-order valence-electron chi connectivity index (χ0n) is 27.1. The van der Waals surface area contributed by atoms with Crippen molar-refractivity contribution in [3.8, 4) is 44.5 Å². The van der Waals surface area contributed by atoms with E-state index in [0.717, 1.165) is 0 Å². The lowest BCUT2D eigenvalue weighted by atomic mass is 9.96. The predicted octanol–water partition coefficient (Wildman–Crippen LogP) is 13.9. The van der Waals surface area contributed by atoms with Gasteiger partial charge < -0.3 is 4.40 Å². The molecule has 0 aliphatic rings. The summed E-state index contributed by atoms with van der Waals surface area (Å²) in [6.45, 7) is 0. The number of aromatic nitrogens is 1. The van der Waals surface area contributed by atoms with Gasteiger partial charge in [-0.05, 0) is 62.7 Å². The van der Waals surface area contributed by atoms with Crippen molar-refractivity contribution in [2.24, 2.45) is 0 Å². The van der Waals surface area contributed by atoms with Gasteiger partial charge in [-0.15, -0.1) is 11.3 Å². The molecule has 0 atom stereocenters. The lowest BCUT2D eigenvalue weighted by molar-refractivity contribution is 1.37. The van der Waals surface area contributed by atoms with Crippen LogP contribution in [0.25, 0.3) is 103 Å².